The molecular formula is C43H32N2. The molecule has 0 N–H and O–H groups in total. The maximum atomic E-state index is 2.48. The SMILES string of the molecule is C1=CCC(C2(c3ccccc3)c3ccccc3N(c3cccc(-n4c5ccccc5c5ccccc54)c3)c3ccccc32)C=C1. The number of fused-ring (bicyclic) bond motifs is 5. The molecule has 1 atom stereocenters. The molecule has 0 amide bonds. The van der Waals surface area contributed by atoms with Crippen molar-refractivity contribution in [1.82, 2.24) is 4.57 Å². The van der Waals surface area contributed by atoms with E-state index in [1.807, 2.05) is 0 Å². The summed E-state index contributed by atoms with van der Waals surface area (Å²) in [7, 11) is 0. The Balaban J connectivity index is 1.31. The highest BCUT2D eigenvalue weighted by Gasteiger charge is 2.49. The van der Waals surface area contributed by atoms with E-state index < -0.39 is 0 Å². The summed E-state index contributed by atoms with van der Waals surface area (Å²) in [5.41, 5.74) is 10.8. The van der Waals surface area contributed by atoms with Crippen LogP contribution >= 0.6 is 0 Å². The van der Waals surface area contributed by atoms with Gasteiger partial charge in [0, 0.05) is 22.1 Å². The molecule has 1 aliphatic heterocycles. The highest BCUT2D eigenvalue weighted by atomic mass is 15.2. The third-order valence-corrected chi connectivity index (χ3v) is 9.83. The van der Waals surface area contributed by atoms with Crippen molar-refractivity contribution >= 4 is 38.9 Å². The predicted octanol–water partition coefficient (Wildman–Crippen LogP) is 11.0. The van der Waals surface area contributed by atoms with Gasteiger partial charge in [-0.2, -0.15) is 0 Å². The molecule has 2 heteroatoms. The van der Waals surface area contributed by atoms with Crippen LogP contribution in [0.5, 0.6) is 0 Å². The molecule has 0 bridgehead atoms. The molecule has 7 aromatic rings. The third-order valence-electron chi connectivity index (χ3n) is 9.83. The third kappa shape index (κ3) is 3.76. The van der Waals surface area contributed by atoms with Gasteiger partial charge in [0.2, 0.25) is 0 Å². The average Bonchev–Trinajstić information content (AvgIpc) is 3.46. The van der Waals surface area contributed by atoms with E-state index in [4.69, 9.17) is 0 Å². The Morgan fingerprint density at radius 3 is 1.73 bits per heavy atom. The Morgan fingerprint density at radius 2 is 1.09 bits per heavy atom. The molecule has 0 saturated carbocycles. The fourth-order valence-corrected chi connectivity index (χ4v) is 8.06. The van der Waals surface area contributed by atoms with Gasteiger partial charge in [-0.05, 0) is 71.5 Å². The van der Waals surface area contributed by atoms with E-state index in [9.17, 15) is 0 Å². The van der Waals surface area contributed by atoms with Gasteiger partial charge in [0.1, 0.15) is 0 Å². The molecule has 214 valence electrons. The maximum Gasteiger partial charge on any atom is 0.0558 e. The van der Waals surface area contributed by atoms with E-state index in [1.165, 1.54) is 49.9 Å². The number of rotatable bonds is 4. The maximum absolute atomic E-state index is 2.48. The molecule has 1 unspecified atom stereocenters. The number of nitrogens with zero attached hydrogens (tertiary/aromatic N) is 2. The fraction of sp³-hybridized carbons (Fsp3) is 0.0698. The fourth-order valence-electron chi connectivity index (χ4n) is 8.06. The normalized spacial score (nSPS) is 16.5. The molecule has 1 aromatic heterocycles. The van der Waals surface area contributed by atoms with E-state index in [-0.39, 0.29) is 11.3 Å². The minimum absolute atomic E-state index is 0.276. The number of hydrogen-bond acceptors (Lipinski definition) is 1. The van der Waals surface area contributed by atoms with Crippen LogP contribution in [0.2, 0.25) is 0 Å². The highest BCUT2D eigenvalue weighted by Crippen LogP contribution is 2.59. The van der Waals surface area contributed by atoms with Crippen molar-refractivity contribution < 1.29 is 0 Å². The molecule has 2 heterocycles. The first kappa shape index (κ1) is 25.9. The summed E-state index contributed by atoms with van der Waals surface area (Å²) in [4.78, 5) is 2.48. The number of hydrogen-bond donors (Lipinski definition) is 0. The van der Waals surface area contributed by atoms with Crippen LogP contribution in [0.3, 0.4) is 0 Å². The first-order valence-corrected chi connectivity index (χ1v) is 15.8. The molecule has 6 aromatic carbocycles. The number of allylic oxidation sites excluding steroid dienone is 4. The molecular weight excluding hydrogens is 544 g/mol. The first-order chi connectivity index (χ1) is 22.4. The zero-order valence-corrected chi connectivity index (χ0v) is 24.9. The van der Waals surface area contributed by atoms with Crippen molar-refractivity contribution in [2.45, 2.75) is 11.8 Å². The molecule has 9 rings (SSSR count). The van der Waals surface area contributed by atoms with Gasteiger partial charge >= 0.3 is 0 Å². The Hall–Kier alpha value is -5.60. The van der Waals surface area contributed by atoms with Gasteiger partial charge < -0.3 is 9.47 Å². The number of benzene rings is 6. The van der Waals surface area contributed by atoms with Crippen molar-refractivity contribution in [2.75, 3.05) is 4.90 Å². The van der Waals surface area contributed by atoms with Crippen LogP contribution in [-0.4, -0.2) is 4.57 Å². The van der Waals surface area contributed by atoms with Crippen molar-refractivity contribution in [2.24, 2.45) is 5.92 Å². The van der Waals surface area contributed by atoms with Crippen LogP contribution in [0.15, 0.2) is 176 Å². The Bertz CT molecular complexity index is 2170. The van der Waals surface area contributed by atoms with Crippen molar-refractivity contribution in [3.05, 3.63) is 193 Å². The van der Waals surface area contributed by atoms with Gasteiger partial charge in [-0.3, -0.25) is 0 Å². The monoisotopic (exact) mass is 576 g/mol. The van der Waals surface area contributed by atoms with Gasteiger partial charge in [0.15, 0.2) is 0 Å². The van der Waals surface area contributed by atoms with Crippen molar-refractivity contribution in [3.63, 3.8) is 0 Å². The Kier molecular flexibility index (Phi) is 5.89. The average molecular weight is 577 g/mol. The topological polar surface area (TPSA) is 8.17 Å². The Morgan fingerprint density at radius 1 is 0.511 bits per heavy atom. The minimum atomic E-state index is -0.337. The van der Waals surface area contributed by atoms with Gasteiger partial charge in [-0.25, -0.2) is 0 Å². The van der Waals surface area contributed by atoms with E-state index in [0.717, 1.165) is 17.8 Å². The number of aromatic nitrogens is 1. The van der Waals surface area contributed by atoms with Crippen LogP contribution in [0.1, 0.15) is 23.1 Å². The zero-order valence-electron chi connectivity index (χ0n) is 24.9. The molecule has 0 radical (unpaired) electrons. The van der Waals surface area contributed by atoms with Crippen LogP contribution < -0.4 is 4.90 Å². The largest absolute Gasteiger partial charge is 0.310 e. The van der Waals surface area contributed by atoms with Crippen molar-refractivity contribution in [3.8, 4) is 5.69 Å². The number of anilines is 3. The first-order valence-electron chi connectivity index (χ1n) is 15.8. The predicted molar refractivity (Wildman–Crippen MR) is 188 cm³/mol. The molecule has 45 heavy (non-hydrogen) atoms. The quantitative estimate of drug-likeness (QED) is 0.202. The van der Waals surface area contributed by atoms with Gasteiger partial charge in [-0.1, -0.05) is 133 Å². The molecule has 0 saturated heterocycles. The second-order valence-electron chi connectivity index (χ2n) is 12.1. The highest BCUT2D eigenvalue weighted by molar-refractivity contribution is 6.09. The lowest BCUT2D eigenvalue weighted by molar-refractivity contribution is 0.445. The Labute approximate surface area is 263 Å². The zero-order chi connectivity index (χ0) is 29.8. The van der Waals surface area contributed by atoms with Gasteiger partial charge in [0.25, 0.3) is 0 Å². The molecule has 2 nitrogen and oxygen atoms in total. The lowest BCUT2D eigenvalue weighted by Crippen LogP contribution is -2.42. The molecule has 0 spiro atoms. The smallest absolute Gasteiger partial charge is 0.0558 e. The summed E-state index contributed by atoms with van der Waals surface area (Å²) in [6.45, 7) is 0. The van der Waals surface area contributed by atoms with Crippen LogP contribution in [0.25, 0.3) is 27.5 Å². The number of para-hydroxylation sites is 4. The second kappa shape index (κ2) is 10.2. The van der Waals surface area contributed by atoms with Crippen LogP contribution in [0, 0.1) is 5.92 Å². The second-order valence-corrected chi connectivity index (χ2v) is 12.1. The van der Waals surface area contributed by atoms with Crippen LogP contribution in [-0.2, 0) is 5.41 Å². The molecule has 2 aliphatic rings. The minimum Gasteiger partial charge on any atom is -0.310 e. The van der Waals surface area contributed by atoms with E-state index in [0.29, 0.717) is 0 Å². The van der Waals surface area contributed by atoms with E-state index in [2.05, 4.69) is 185 Å². The lowest BCUT2D eigenvalue weighted by Gasteiger charge is -2.49. The summed E-state index contributed by atoms with van der Waals surface area (Å²) in [6.07, 6.45) is 10.1. The van der Waals surface area contributed by atoms with Crippen LogP contribution in [0.4, 0.5) is 17.1 Å². The molecule has 0 fully saturated rings. The van der Waals surface area contributed by atoms with Crippen molar-refractivity contribution in [1.29, 1.82) is 0 Å². The molecule has 1 aliphatic carbocycles. The summed E-state index contributed by atoms with van der Waals surface area (Å²) in [5.74, 6) is 0.276. The van der Waals surface area contributed by atoms with Gasteiger partial charge in [0.05, 0.1) is 27.8 Å². The summed E-state index contributed by atoms with van der Waals surface area (Å²) in [6, 6.07) is 55.7. The lowest BCUT2D eigenvalue weighted by atomic mass is 9.58. The summed E-state index contributed by atoms with van der Waals surface area (Å²) >= 11 is 0. The summed E-state index contributed by atoms with van der Waals surface area (Å²) in [5, 5.41) is 2.55. The van der Waals surface area contributed by atoms with Gasteiger partial charge in [-0.15, -0.1) is 0 Å². The van der Waals surface area contributed by atoms with E-state index in [1.54, 1.807) is 0 Å². The van der Waals surface area contributed by atoms with E-state index >= 15 is 0 Å². The standard InChI is InChI=1S/C43H32N2/c1-3-16-31(17-4-1)43(32-18-5-2-6-19-32)37-24-9-13-28-41(37)45(42-29-14-10-25-38(42)43)34-21-15-20-33(30-34)44-39-26-11-7-22-35(39)36-23-8-12-27-40(36)44/h1-18,20-30,32H,19H2. The summed E-state index contributed by atoms with van der Waals surface area (Å²) < 4.78 is 2.41.